The minimum atomic E-state index is -0.492. The third-order valence-corrected chi connectivity index (χ3v) is 7.50. The van der Waals surface area contributed by atoms with Gasteiger partial charge in [-0.1, -0.05) is 5.92 Å². The minimum Gasteiger partial charge on any atom is -0.489 e. The number of benzene rings is 2. The van der Waals surface area contributed by atoms with Crippen molar-refractivity contribution in [3.05, 3.63) is 78.4 Å². The largest absolute Gasteiger partial charge is 0.489 e. The van der Waals surface area contributed by atoms with Crippen LogP contribution < -0.4 is 15.2 Å². The molecule has 5 aromatic rings. The molecule has 1 aliphatic rings. The van der Waals surface area contributed by atoms with E-state index < -0.39 is 5.82 Å². The molecule has 0 unspecified atom stereocenters. The Morgan fingerprint density at radius 2 is 1.80 bits per heavy atom. The van der Waals surface area contributed by atoms with Crippen LogP contribution in [0.1, 0.15) is 37.2 Å². The molecule has 12 heteroatoms. The number of nitrogens with two attached hydrogens (primary N) is 1. The summed E-state index contributed by atoms with van der Waals surface area (Å²) < 4.78 is 27.9. The molecule has 1 aliphatic carbocycles. The van der Waals surface area contributed by atoms with Gasteiger partial charge in [-0.05, 0) is 56.9 Å². The summed E-state index contributed by atoms with van der Waals surface area (Å²) in [7, 11) is 1.77. The van der Waals surface area contributed by atoms with Gasteiger partial charge >= 0.3 is 0 Å². The van der Waals surface area contributed by atoms with Crippen molar-refractivity contribution in [1.29, 1.82) is 0 Å². The second-order valence-electron chi connectivity index (χ2n) is 10.5. The van der Waals surface area contributed by atoms with Crippen LogP contribution in [0.3, 0.4) is 0 Å². The summed E-state index contributed by atoms with van der Waals surface area (Å²) in [5.74, 6) is 6.63. The zero-order valence-electron chi connectivity index (χ0n) is 24.4. The monoisotopic (exact) mass is 592 g/mol. The molecule has 44 heavy (non-hydrogen) atoms. The van der Waals surface area contributed by atoms with Crippen molar-refractivity contribution in [1.82, 2.24) is 34.6 Å². The van der Waals surface area contributed by atoms with Crippen LogP contribution in [-0.4, -0.2) is 53.6 Å². The van der Waals surface area contributed by atoms with Crippen molar-refractivity contribution in [2.24, 2.45) is 0 Å². The van der Waals surface area contributed by atoms with Gasteiger partial charge in [-0.3, -0.25) is 4.79 Å². The highest BCUT2D eigenvalue weighted by atomic mass is 19.1. The quantitative estimate of drug-likeness (QED) is 0.251. The number of nitrogens with zero attached hydrogens (tertiary/aromatic N) is 7. The number of rotatable bonds is 8. The molecule has 0 bridgehead atoms. The van der Waals surface area contributed by atoms with E-state index in [4.69, 9.17) is 20.3 Å². The second kappa shape index (κ2) is 12.0. The molecular formula is C32H29FN8O3. The normalized spacial score (nSPS) is 15.6. The highest BCUT2D eigenvalue weighted by molar-refractivity contribution is 5.98. The lowest BCUT2D eigenvalue weighted by Gasteiger charge is -2.40. The predicted molar refractivity (Wildman–Crippen MR) is 161 cm³/mol. The average Bonchev–Trinajstić information content (AvgIpc) is 3.37. The third kappa shape index (κ3) is 5.85. The summed E-state index contributed by atoms with van der Waals surface area (Å²) in [6.07, 6.45) is 6.20. The molecule has 1 fully saturated rings. The number of aromatic nitrogens is 6. The second-order valence-corrected chi connectivity index (χ2v) is 10.5. The fourth-order valence-corrected chi connectivity index (χ4v) is 5.04. The number of carbonyl (C=O) groups excluding carboxylic acids is 1. The van der Waals surface area contributed by atoms with E-state index in [1.807, 2.05) is 16.8 Å². The Morgan fingerprint density at radius 1 is 1.07 bits per heavy atom. The molecule has 0 atom stereocenters. The lowest BCUT2D eigenvalue weighted by Crippen LogP contribution is -2.46. The van der Waals surface area contributed by atoms with Crippen molar-refractivity contribution < 1.29 is 18.7 Å². The lowest BCUT2D eigenvalue weighted by molar-refractivity contribution is -0.128. The van der Waals surface area contributed by atoms with E-state index >= 15 is 0 Å². The van der Waals surface area contributed by atoms with Gasteiger partial charge in [0.2, 0.25) is 0 Å². The number of aryl methyl sites for hydroxylation is 1. The molecule has 6 rings (SSSR count). The Bertz CT molecular complexity index is 1890. The number of hydrogen-bond acceptors (Lipinski definition) is 9. The van der Waals surface area contributed by atoms with Crippen LogP contribution in [0.25, 0.3) is 22.3 Å². The zero-order valence-corrected chi connectivity index (χ0v) is 24.4. The third-order valence-electron chi connectivity index (χ3n) is 7.50. The molecule has 0 radical (unpaired) electrons. The first-order chi connectivity index (χ1) is 21.3. The maximum Gasteiger partial charge on any atom is 0.298 e. The summed E-state index contributed by atoms with van der Waals surface area (Å²) in [5.41, 5.74) is 9.11. The minimum absolute atomic E-state index is 0.0425. The molecule has 0 aliphatic heterocycles. The van der Waals surface area contributed by atoms with Crippen molar-refractivity contribution in [3.8, 4) is 40.3 Å². The zero-order chi connectivity index (χ0) is 30.8. The van der Waals surface area contributed by atoms with E-state index in [9.17, 15) is 9.18 Å². The summed E-state index contributed by atoms with van der Waals surface area (Å²) in [6.45, 7) is 3.63. The number of halogens is 1. The van der Waals surface area contributed by atoms with E-state index in [0.717, 1.165) is 24.0 Å². The van der Waals surface area contributed by atoms with Crippen molar-refractivity contribution in [2.75, 3.05) is 12.8 Å². The van der Waals surface area contributed by atoms with Crippen molar-refractivity contribution in [3.63, 3.8) is 0 Å². The van der Waals surface area contributed by atoms with Gasteiger partial charge in [0.25, 0.3) is 5.91 Å². The van der Waals surface area contributed by atoms with Crippen LogP contribution in [0.15, 0.2) is 61.2 Å². The number of amides is 1. The maximum atomic E-state index is 14.4. The Balaban J connectivity index is 1.19. The molecule has 222 valence electrons. The fraction of sp³-hybridized carbons (Fsp3) is 0.250. The molecule has 3 aromatic heterocycles. The van der Waals surface area contributed by atoms with Crippen LogP contribution in [0.2, 0.25) is 0 Å². The predicted octanol–water partition coefficient (Wildman–Crippen LogP) is 4.87. The van der Waals surface area contributed by atoms with Gasteiger partial charge in [-0.25, -0.2) is 29.0 Å². The maximum absolute atomic E-state index is 14.4. The van der Waals surface area contributed by atoms with Crippen LogP contribution in [0.5, 0.6) is 17.2 Å². The topological polar surface area (TPSA) is 134 Å². The molecule has 0 spiro atoms. The fourth-order valence-electron chi connectivity index (χ4n) is 5.04. The standard InChI is InChI=1S/C32H29FN8O3/c1-4-5-28(42)40(3)23-12-24(13-23)41-32-29(31(34)37-18-38-32)30(39-41)21-6-8-25(9-7-21)44-27-11-22(33)10-26(14-27)43-17-20-15-35-19(2)36-16-20/h6-11,14-16,18,23-24H,12-13,17H2,1-3H3,(H2,34,37,38). The van der Waals surface area contributed by atoms with E-state index in [1.54, 1.807) is 56.4 Å². The highest BCUT2D eigenvalue weighted by Crippen LogP contribution is 2.40. The van der Waals surface area contributed by atoms with Gasteiger partial charge < -0.3 is 20.1 Å². The SMILES string of the molecule is CC#CC(=O)N(C)C1CC(n2nc(-c3ccc(Oc4cc(F)cc(OCc5cnc(C)nc5)c4)cc3)c3c(N)ncnc32)C1. The van der Waals surface area contributed by atoms with Crippen molar-refractivity contribution >= 4 is 22.8 Å². The van der Waals surface area contributed by atoms with Gasteiger partial charge in [0, 0.05) is 54.8 Å². The van der Waals surface area contributed by atoms with Crippen LogP contribution >= 0.6 is 0 Å². The summed E-state index contributed by atoms with van der Waals surface area (Å²) in [5, 5.41) is 5.54. The first-order valence-corrected chi connectivity index (χ1v) is 14.0. The van der Waals surface area contributed by atoms with E-state index in [-0.39, 0.29) is 30.3 Å². The number of anilines is 1. The van der Waals surface area contributed by atoms with Gasteiger partial charge in [0.05, 0.1) is 11.4 Å². The number of fused-ring (bicyclic) bond motifs is 1. The lowest BCUT2D eigenvalue weighted by atomic mass is 9.85. The van der Waals surface area contributed by atoms with Gasteiger partial charge in [0.15, 0.2) is 5.65 Å². The Kier molecular flexibility index (Phi) is 7.76. The summed E-state index contributed by atoms with van der Waals surface area (Å²) in [4.78, 5) is 30.8. The highest BCUT2D eigenvalue weighted by Gasteiger charge is 2.37. The molecular weight excluding hydrogens is 563 g/mol. The van der Waals surface area contributed by atoms with E-state index in [2.05, 4.69) is 31.8 Å². The average molecular weight is 593 g/mol. The first kappa shape index (κ1) is 28.5. The molecule has 3 heterocycles. The summed E-state index contributed by atoms with van der Waals surface area (Å²) in [6, 6.07) is 11.5. The molecule has 1 amide bonds. The Hall–Kier alpha value is -5.57. The van der Waals surface area contributed by atoms with Gasteiger partial charge in [-0.15, -0.1) is 0 Å². The van der Waals surface area contributed by atoms with Gasteiger partial charge in [-0.2, -0.15) is 5.10 Å². The van der Waals surface area contributed by atoms with Crippen LogP contribution in [-0.2, 0) is 11.4 Å². The smallest absolute Gasteiger partial charge is 0.298 e. The van der Waals surface area contributed by atoms with Crippen molar-refractivity contribution in [2.45, 2.75) is 45.4 Å². The van der Waals surface area contributed by atoms with E-state index in [0.29, 0.717) is 39.9 Å². The molecule has 11 nitrogen and oxygen atoms in total. The molecule has 0 saturated heterocycles. The summed E-state index contributed by atoms with van der Waals surface area (Å²) >= 11 is 0. The number of carbonyl (C=O) groups is 1. The molecule has 1 saturated carbocycles. The Labute approximate surface area is 252 Å². The Morgan fingerprint density at radius 3 is 2.52 bits per heavy atom. The first-order valence-electron chi connectivity index (χ1n) is 14.0. The number of ether oxygens (including phenoxy) is 2. The van der Waals surface area contributed by atoms with Gasteiger partial charge in [0.1, 0.15) is 53.3 Å². The molecule has 2 aromatic carbocycles. The number of hydrogen-bond donors (Lipinski definition) is 1. The van der Waals surface area contributed by atoms with Crippen LogP contribution in [0, 0.1) is 24.6 Å². The molecule has 2 N–H and O–H groups in total. The van der Waals surface area contributed by atoms with Crippen LogP contribution in [0.4, 0.5) is 10.2 Å². The number of nitrogen functional groups attached to an aromatic ring is 1. The van der Waals surface area contributed by atoms with E-state index in [1.165, 1.54) is 18.5 Å².